The van der Waals surface area contributed by atoms with Crippen molar-refractivity contribution in [2.45, 2.75) is 51.7 Å². The van der Waals surface area contributed by atoms with Crippen LogP contribution < -0.4 is 15.4 Å². The molecule has 2 unspecified atom stereocenters. The highest BCUT2D eigenvalue weighted by Crippen LogP contribution is 2.30. The first-order chi connectivity index (χ1) is 16.3. The van der Waals surface area contributed by atoms with Gasteiger partial charge in [-0.05, 0) is 52.8 Å². The van der Waals surface area contributed by atoms with E-state index in [4.69, 9.17) is 24.9 Å². The summed E-state index contributed by atoms with van der Waals surface area (Å²) in [6, 6.07) is 7.56. The maximum Gasteiger partial charge on any atom is 0.161 e. The van der Waals surface area contributed by atoms with Gasteiger partial charge in [0.05, 0.1) is 11.6 Å². The van der Waals surface area contributed by atoms with Crippen LogP contribution >= 0.6 is 0 Å². The van der Waals surface area contributed by atoms with Gasteiger partial charge in [-0.2, -0.15) is 0 Å². The van der Waals surface area contributed by atoms with Crippen molar-refractivity contribution in [3.8, 4) is 17.1 Å². The van der Waals surface area contributed by atoms with Gasteiger partial charge in [0.15, 0.2) is 5.82 Å². The smallest absolute Gasteiger partial charge is 0.161 e. The van der Waals surface area contributed by atoms with Crippen molar-refractivity contribution < 1.29 is 19.4 Å². The van der Waals surface area contributed by atoms with E-state index in [0.717, 1.165) is 24.0 Å². The molecular formula is C25H35N5O4. The molecule has 184 valence electrons. The van der Waals surface area contributed by atoms with Crippen LogP contribution in [-0.4, -0.2) is 72.1 Å². The van der Waals surface area contributed by atoms with Gasteiger partial charge in [-0.25, -0.2) is 9.97 Å². The lowest BCUT2D eigenvalue weighted by molar-refractivity contribution is -0.117. The van der Waals surface area contributed by atoms with Gasteiger partial charge in [-0.15, -0.1) is 0 Å². The zero-order chi connectivity index (χ0) is 24.7. The second-order valence-electron chi connectivity index (χ2n) is 8.71. The predicted molar refractivity (Wildman–Crippen MR) is 132 cm³/mol. The topological polar surface area (TPSA) is 129 Å². The fourth-order valence-electron chi connectivity index (χ4n) is 4.03. The number of benzene rings is 1. The number of ketones is 1. The van der Waals surface area contributed by atoms with Crippen LogP contribution in [0.4, 0.5) is 5.82 Å². The first-order valence-electron chi connectivity index (χ1n) is 11.6. The van der Waals surface area contributed by atoms with E-state index < -0.39 is 12.0 Å². The average molecular weight is 470 g/mol. The minimum Gasteiger partial charge on any atom is -0.491 e. The van der Waals surface area contributed by atoms with Crippen molar-refractivity contribution in [2.24, 2.45) is 0 Å². The van der Waals surface area contributed by atoms with Crippen LogP contribution in [0.15, 0.2) is 24.3 Å². The molecule has 1 saturated heterocycles. The minimum atomic E-state index is -0.729. The van der Waals surface area contributed by atoms with E-state index in [1.807, 2.05) is 31.2 Å². The Balaban J connectivity index is 1.99. The van der Waals surface area contributed by atoms with Crippen LogP contribution in [0.5, 0.6) is 5.75 Å². The Morgan fingerprint density at radius 1 is 1.29 bits per heavy atom. The van der Waals surface area contributed by atoms with E-state index >= 15 is 0 Å². The molecule has 4 N–H and O–H groups in total. The maximum absolute atomic E-state index is 12.5. The molecule has 3 rings (SSSR count). The lowest BCUT2D eigenvalue weighted by atomic mass is 9.92. The van der Waals surface area contributed by atoms with Gasteiger partial charge >= 0.3 is 0 Å². The molecule has 0 saturated carbocycles. The summed E-state index contributed by atoms with van der Waals surface area (Å²) in [6.07, 6.45) is 1.11. The molecular weight excluding hydrogens is 434 g/mol. The van der Waals surface area contributed by atoms with Crippen LogP contribution in [0.2, 0.25) is 0 Å². The van der Waals surface area contributed by atoms with Crippen LogP contribution in [0.3, 0.4) is 0 Å². The largest absolute Gasteiger partial charge is 0.491 e. The van der Waals surface area contributed by atoms with E-state index in [9.17, 15) is 9.90 Å². The summed E-state index contributed by atoms with van der Waals surface area (Å²) < 4.78 is 11.2. The maximum atomic E-state index is 12.5. The summed E-state index contributed by atoms with van der Waals surface area (Å²) in [7, 11) is 1.77. The normalized spacial score (nSPS) is 16.0. The van der Waals surface area contributed by atoms with Gasteiger partial charge in [-0.3, -0.25) is 4.79 Å². The summed E-state index contributed by atoms with van der Waals surface area (Å²) >= 11 is 0. The number of likely N-dealkylation sites (N-methyl/N-ethyl adjacent to an activating group) is 1. The molecule has 0 spiro atoms. The third kappa shape index (κ3) is 6.59. The Morgan fingerprint density at radius 3 is 2.68 bits per heavy atom. The number of hydrogen-bond acceptors (Lipinski definition) is 9. The van der Waals surface area contributed by atoms with Gasteiger partial charge in [0.25, 0.3) is 0 Å². The second-order valence-corrected chi connectivity index (χ2v) is 8.71. The number of aliphatic hydroxyl groups excluding tert-OH is 1. The molecule has 2 aromatic rings. The monoisotopic (exact) mass is 469 g/mol. The van der Waals surface area contributed by atoms with Crippen LogP contribution in [-0.2, 0) is 9.53 Å². The zero-order valence-corrected chi connectivity index (χ0v) is 20.4. The Bertz CT molecular complexity index is 993. The van der Waals surface area contributed by atoms with E-state index in [0.29, 0.717) is 42.8 Å². The Labute approximate surface area is 200 Å². The number of ether oxygens (including phenoxy) is 2. The molecule has 1 aliphatic heterocycles. The number of aliphatic hydroxyl groups is 1. The van der Waals surface area contributed by atoms with Crippen molar-refractivity contribution in [3.63, 3.8) is 0 Å². The van der Waals surface area contributed by atoms with E-state index in [-0.39, 0.29) is 24.1 Å². The molecule has 2 atom stereocenters. The molecule has 0 radical (unpaired) electrons. The number of nitrogens with one attached hydrogen (secondary N) is 3. The first kappa shape index (κ1) is 25.7. The summed E-state index contributed by atoms with van der Waals surface area (Å²) in [6.45, 7) is 6.97. The third-order valence-corrected chi connectivity index (χ3v) is 5.83. The van der Waals surface area contributed by atoms with Gasteiger partial charge in [-0.1, -0.05) is 12.1 Å². The Kier molecular flexibility index (Phi) is 9.09. The van der Waals surface area contributed by atoms with Crippen molar-refractivity contribution in [3.05, 3.63) is 35.5 Å². The number of rotatable bonds is 11. The van der Waals surface area contributed by atoms with Crippen LogP contribution in [0, 0.1) is 12.3 Å². The fourth-order valence-corrected chi connectivity index (χ4v) is 4.03. The lowest BCUT2D eigenvalue weighted by Crippen LogP contribution is -2.29. The van der Waals surface area contributed by atoms with Gasteiger partial charge in [0.1, 0.15) is 30.1 Å². The van der Waals surface area contributed by atoms with Gasteiger partial charge < -0.3 is 30.6 Å². The molecule has 2 heterocycles. The zero-order valence-electron chi connectivity index (χ0n) is 20.4. The lowest BCUT2D eigenvalue weighted by Gasteiger charge is -2.26. The molecule has 9 heteroatoms. The standard InChI is InChI=1S/C25H35N5O4/c1-15-23(22(16(2)26)17(3)31)29-25(30-24(15)28-19-8-10-33-11-9-19)18-6-5-7-21(12-18)34-14-20(32)13-27-4/h5-7,12,19-20,22,26-27,32H,8-11,13-14H2,1-4H3,(H,28,29,30). The summed E-state index contributed by atoms with van der Waals surface area (Å²) in [4.78, 5) is 22.0. The highest BCUT2D eigenvalue weighted by Gasteiger charge is 2.27. The molecule has 1 aromatic heterocycles. The van der Waals surface area contributed by atoms with Crippen molar-refractivity contribution in [2.75, 3.05) is 38.7 Å². The summed E-state index contributed by atoms with van der Waals surface area (Å²) in [5, 5.41) is 24.6. The third-order valence-electron chi connectivity index (χ3n) is 5.83. The molecule has 1 aliphatic rings. The molecule has 9 nitrogen and oxygen atoms in total. The molecule has 0 amide bonds. The van der Waals surface area contributed by atoms with Crippen LogP contribution in [0.25, 0.3) is 11.4 Å². The van der Waals surface area contributed by atoms with E-state index in [1.165, 1.54) is 6.92 Å². The molecule has 1 aromatic carbocycles. The summed E-state index contributed by atoms with van der Waals surface area (Å²) in [5.41, 5.74) is 2.27. The molecule has 1 fully saturated rings. The predicted octanol–water partition coefficient (Wildman–Crippen LogP) is 2.71. The molecule has 0 aliphatic carbocycles. The molecule has 34 heavy (non-hydrogen) atoms. The average Bonchev–Trinajstić information content (AvgIpc) is 2.81. The fraction of sp³-hybridized carbons (Fsp3) is 0.520. The van der Waals surface area contributed by atoms with E-state index in [2.05, 4.69) is 10.6 Å². The number of carbonyl (C=O) groups excluding carboxylic acids is 1. The second kappa shape index (κ2) is 12.0. The number of nitrogens with zero attached hydrogens (tertiary/aromatic N) is 2. The number of anilines is 1. The van der Waals surface area contributed by atoms with Crippen LogP contribution in [0.1, 0.15) is 43.9 Å². The highest BCUT2D eigenvalue weighted by molar-refractivity contribution is 6.07. The Morgan fingerprint density at radius 2 is 2.03 bits per heavy atom. The summed E-state index contributed by atoms with van der Waals surface area (Å²) in [5.74, 6) is 0.837. The van der Waals surface area contributed by atoms with E-state index in [1.54, 1.807) is 14.0 Å². The number of Topliss-reactive ketones (excluding diaryl/α,β-unsaturated/α-hetero) is 1. The number of hydrogen-bond donors (Lipinski definition) is 4. The molecule has 0 bridgehead atoms. The number of aromatic nitrogens is 2. The number of carbonyl (C=O) groups is 1. The first-order valence-corrected chi connectivity index (χ1v) is 11.6. The van der Waals surface area contributed by atoms with Crippen molar-refractivity contribution in [1.29, 1.82) is 5.41 Å². The SMILES string of the molecule is CNCC(O)COc1cccc(-c2nc(NC3CCOCC3)c(C)c(C(C(C)=N)C(C)=O)n2)c1. The highest BCUT2D eigenvalue weighted by atomic mass is 16.5. The minimum absolute atomic E-state index is 0.132. The quantitative estimate of drug-likeness (QED) is 0.370. The van der Waals surface area contributed by atoms with Gasteiger partial charge in [0, 0.05) is 42.6 Å². The Hall–Kier alpha value is -2.88. The van der Waals surface area contributed by atoms with Crippen molar-refractivity contribution >= 4 is 17.3 Å². The van der Waals surface area contributed by atoms with Gasteiger partial charge in [0.2, 0.25) is 0 Å². The van der Waals surface area contributed by atoms with Crippen molar-refractivity contribution in [1.82, 2.24) is 15.3 Å².